The summed E-state index contributed by atoms with van der Waals surface area (Å²) in [6.45, 7) is 0.497. The highest BCUT2D eigenvalue weighted by Gasteiger charge is 2.09. The monoisotopic (exact) mass is 398 g/mol. The fourth-order valence-corrected chi connectivity index (χ4v) is 2.57. The number of halogens is 1. The molecule has 8 heteroatoms. The first-order valence-corrected chi connectivity index (χ1v) is 8.80. The first-order valence-electron chi connectivity index (χ1n) is 8.43. The Balaban J connectivity index is 1.59. The van der Waals surface area contributed by atoms with Crippen molar-refractivity contribution in [3.63, 3.8) is 0 Å². The van der Waals surface area contributed by atoms with Crippen LogP contribution in [-0.4, -0.2) is 30.1 Å². The number of amides is 1. The van der Waals surface area contributed by atoms with E-state index in [0.29, 0.717) is 40.3 Å². The van der Waals surface area contributed by atoms with Crippen LogP contribution in [0.1, 0.15) is 15.9 Å². The third kappa shape index (κ3) is 4.89. The van der Waals surface area contributed by atoms with Crippen LogP contribution < -0.4 is 20.1 Å². The highest BCUT2D eigenvalue weighted by molar-refractivity contribution is 6.30. The number of aromatic nitrogens is 2. The second kappa shape index (κ2) is 9.05. The molecule has 0 aliphatic rings. The number of nitrogens with zero attached hydrogens (tertiary/aromatic N) is 2. The first kappa shape index (κ1) is 19.4. The molecule has 0 bridgehead atoms. The fourth-order valence-electron chi connectivity index (χ4n) is 2.44. The van der Waals surface area contributed by atoms with Gasteiger partial charge >= 0.3 is 0 Å². The van der Waals surface area contributed by atoms with Gasteiger partial charge < -0.3 is 20.1 Å². The van der Waals surface area contributed by atoms with Crippen molar-refractivity contribution in [3.05, 3.63) is 71.0 Å². The molecule has 0 saturated carbocycles. The maximum atomic E-state index is 12.3. The molecule has 0 aliphatic heterocycles. The van der Waals surface area contributed by atoms with Gasteiger partial charge in [-0.05, 0) is 42.0 Å². The Morgan fingerprint density at radius 2 is 1.68 bits per heavy atom. The second-order valence-electron chi connectivity index (χ2n) is 5.80. The molecule has 3 rings (SSSR count). The highest BCUT2D eigenvalue weighted by atomic mass is 35.5. The molecule has 0 unspecified atom stereocenters. The molecule has 3 aromatic rings. The van der Waals surface area contributed by atoms with Crippen LogP contribution in [0, 0.1) is 0 Å². The Morgan fingerprint density at radius 1 is 1.00 bits per heavy atom. The van der Waals surface area contributed by atoms with Gasteiger partial charge in [0.1, 0.15) is 0 Å². The van der Waals surface area contributed by atoms with Crippen LogP contribution in [0.2, 0.25) is 5.02 Å². The van der Waals surface area contributed by atoms with Gasteiger partial charge in [-0.1, -0.05) is 17.7 Å². The van der Waals surface area contributed by atoms with Gasteiger partial charge in [0.25, 0.3) is 5.91 Å². The molecule has 144 valence electrons. The van der Waals surface area contributed by atoms with Crippen molar-refractivity contribution in [1.29, 1.82) is 0 Å². The lowest BCUT2D eigenvalue weighted by molar-refractivity contribution is 0.102. The van der Waals surface area contributed by atoms with E-state index < -0.39 is 0 Å². The molecule has 0 saturated heterocycles. The normalized spacial score (nSPS) is 10.2. The lowest BCUT2D eigenvalue weighted by atomic mass is 10.2. The van der Waals surface area contributed by atoms with E-state index in [1.165, 1.54) is 12.4 Å². The maximum Gasteiger partial charge on any atom is 0.258 e. The topological polar surface area (TPSA) is 85.4 Å². The molecule has 1 amide bonds. The summed E-state index contributed by atoms with van der Waals surface area (Å²) in [6.07, 6.45) is 2.93. The number of carbonyl (C=O) groups excluding carboxylic acids is 1. The zero-order chi connectivity index (χ0) is 19.9. The largest absolute Gasteiger partial charge is 0.493 e. The molecule has 2 N–H and O–H groups in total. The van der Waals surface area contributed by atoms with E-state index in [0.717, 1.165) is 5.56 Å². The molecule has 0 aliphatic carbocycles. The molecule has 0 atom stereocenters. The van der Waals surface area contributed by atoms with Gasteiger partial charge in [-0.3, -0.25) is 4.79 Å². The van der Waals surface area contributed by atoms with Crippen molar-refractivity contribution >= 4 is 29.1 Å². The molecule has 1 aromatic heterocycles. The Kier molecular flexibility index (Phi) is 6.29. The van der Waals surface area contributed by atoms with Crippen LogP contribution in [0.4, 0.5) is 11.6 Å². The number of nitrogens with one attached hydrogen (secondary N) is 2. The van der Waals surface area contributed by atoms with Crippen LogP contribution >= 0.6 is 11.6 Å². The van der Waals surface area contributed by atoms with Gasteiger partial charge in [-0.15, -0.1) is 0 Å². The average molecular weight is 399 g/mol. The summed E-state index contributed by atoms with van der Waals surface area (Å²) in [7, 11) is 3.18. The molecule has 28 heavy (non-hydrogen) atoms. The van der Waals surface area contributed by atoms with Crippen molar-refractivity contribution in [3.8, 4) is 11.5 Å². The number of benzene rings is 2. The number of ether oxygens (including phenoxy) is 2. The van der Waals surface area contributed by atoms with Gasteiger partial charge in [0.2, 0.25) is 5.95 Å². The molecular weight excluding hydrogens is 380 g/mol. The quantitative estimate of drug-likeness (QED) is 0.625. The number of anilines is 2. The SMILES string of the molecule is COc1ccc(CNc2ncc(C(=O)Nc3ccc(Cl)cc3)cn2)cc1OC. The number of rotatable bonds is 7. The Bertz CT molecular complexity index is 947. The maximum absolute atomic E-state index is 12.3. The van der Waals surface area contributed by atoms with Gasteiger partial charge in [-0.25, -0.2) is 9.97 Å². The van der Waals surface area contributed by atoms with Gasteiger partial charge in [0.05, 0.1) is 19.8 Å². The van der Waals surface area contributed by atoms with E-state index in [4.69, 9.17) is 21.1 Å². The summed E-state index contributed by atoms with van der Waals surface area (Å²) in [6, 6.07) is 12.5. The Hall–Kier alpha value is -3.32. The van der Waals surface area contributed by atoms with Gasteiger partial charge in [-0.2, -0.15) is 0 Å². The first-order chi connectivity index (χ1) is 13.6. The van der Waals surface area contributed by atoms with E-state index in [9.17, 15) is 4.79 Å². The minimum absolute atomic E-state index is 0.297. The smallest absolute Gasteiger partial charge is 0.258 e. The fraction of sp³-hybridized carbons (Fsp3) is 0.150. The van der Waals surface area contributed by atoms with Crippen molar-refractivity contribution in [2.75, 3.05) is 24.9 Å². The van der Waals surface area contributed by atoms with Crippen molar-refractivity contribution in [1.82, 2.24) is 9.97 Å². The standard InChI is InChI=1S/C20H19ClN4O3/c1-27-17-8-3-13(9-18(17)28-2)10-22-20-23-11-14(12-24-20)19(26)25-16-6-4-15(21)5-7-16/h3-9,11-12H,10H2,1-2H3,(H,25,26)(H,22,23,24). The van der Waals surface area contributed by atoms with Crippen LogP contribution in [-0.2, 0) is 6.54 Å². The molecule has 0 fully saturated rings. The molecule has 0 spiro atoms. The van der Waals surface area contributed by atoms with E-state index in [1.54, 1.807) is 38.5 Å². The van der Waals surface area contributed by atoms with E-state index in [-0.39, 0.29) is 5.91 Å². The van der Waals surface area contributed by atoms with Crippen molar-refractivity contribution in [2.24, 2.45) is 0 Å². The number of carbonyl (C=O) groups is 1. The predicted octanol–water partition coefficient (Wildman–Crippen LogP) is 4.01. The number of hydrogen-bond acceptors (Lipinski definition) is 6. The van der Waals surface area contributed by atoms with E-state index >= 15 is 0 Å². The van der Waals surface area contributed by atoms with Crippen LogP contribution in [0.25, 0.3) is 0 Å². The Morgan fingerprint density at radius 3 is 2.32 bits per heavy atom. The lowest BCUT2D eigenvalue weighted by Gasteiger charge is -2.10. The number of hydrogen-bond donors (Lipinski definition) is 2. The lowest BCUT2D eigenvalue weighted by Crippen LogP contribution is -2.13. The van der Waals surface area contributed by atoms with Gasteiger partial charge in [0, 0.05) is 29.6 Å². The molecule has 1 heterocycles. The summed E-state index contributed by atoms with van der Waals surface area (Å²) in [4.78, 5) is 20.6. The average Bonchev–Trinajstić information content (AvgIpc) is 2.74. The number of methoxy groups -OCH3 is 2. The summed E-state index contributed by atoms with van der Waals surface area (Å²) < 4.78 is 10.5. The second-order valence-corrected chi connectivity index (χ2v) is 6.24. The highest BCUT2D eigenvalue weighted by Crippen LogP contribution is 2.27. The van der Waals surface area contributed by atoms with Crippen LogP contribution in [0.5, 0.6) is 11.5 Å². The predicted molar refractivity (Wildman–Crippen MR) is 108 cm³/mol. The molecule has 0 radical (unpaired) electrons. The zero-order valence-corrected chi connectivity index (χ0v) is 16.2. The molecular formula is C20H19ClN4O3. The van der Waals surface area contributed by atoms with Crippen molar-refractivity contribution in [2.45, 2.75) is 6.54 Å². The molecule has 7 nitrogen and oxygen atoms in total. The summed E-state index contributed by atoms with van der Waals surface area (Å²) >= 11 is 5.84. The minimum atomic E-state index is -0.297. The van der Waals surface area contributed by atoms with E-state index in [2.05, 4.69) is 20.6 Å². The van der Waals surface area contributed by atoms with Crippen LogP contribution in [0.15, 0.2) is 54.9 Å². The third-order valence-electron chi connectivity index (χ3n) is 3.91. The summed E-state index contributed by atoms with van der Waals surface area (Å²) in [5, 5.41) is 6.47. The van der Waals surface area contributed by atoms with E-state index in [1.807, 2.05) is 18.2 Å². The Labute approximate surface area is 167 Å². The zero-order valence-electron chi connectivity index (χ0n) is 15.4. The summed E-state index contributed by atoms with van der Waals surface area (Å²) in [5.41, 5.74) is 1.97. The summed E-state index contributed by atoms with van der Waals surface area (Å²) in [5.74, 6) is 1.43. The van der Waals surface area contributed by atoms with Crippen molar-refractivity contribution < 1.29 is 14.3 Å². The third-order valence-corrected chi connectivity index (χ3v) is 4.17. The van der Waals surface area contributed by atoms with Gasteiger partial charge in [0.15, 0.2) is 11.5 Å². The van der Waals surface area contributed by atoms with Crippen LogP contribution in [0.3, 0.4) is 0 Å². The molecule has 2 aromatic carbocycles. The minimum Gasteiger partial charge on any atom is -0.493 e.